The minimum atomic E-state index is 0.254. The van der Waals surface area contributed by atoms with Gasteiger partial charge in [0, 0.05) is 6.04 Å². The lowest BCUT2D eigenvalue weighted by molar-refractivity contribution is -0.0603. The number of nitrogens with two attached hydrogens (primary N) is 1. The molecule has 0 aromatic carbocycles. The Labute approximate surface area is 130 Å². The van der Waals surface area contributed by atoms with Gasteiger partial charge in [-0.1, -0.05) is 0 Å². The Morgan fingerprint density at radius 1 is 1.24 bits per heavy atom. The smallest absolute Gasteiger partial charge is 0.224 e. The Balaban J connectivity index is 1.57. The van der Waals surface area contributed by atoms with Crippen LogP contribution in [0.4, 0.5) is 11.5 Å². The number of hydrogen-bond acceptors (Lipinski definition) is 4. The molecule has 4 fully saturated rings. The molecule has 1 unspecified atom stereocenters. The maximum absolute atomic E-state index is 5.98. The van der Waals surface area contributed by atoms with Crippen molar-refractivity contribution in [2.45, 2.75) is 51.5 Å². The molecule has 21 heavy (non-hydrogen) atoms. The highest BCUT2D eigenvalue weighted by molar-refractivity contribution is 6.28. The summed E-state index contributed by atoms with van der Waals surface area (Å²) in [5, 5.41) is 3.80. The fraction of sp³-hybridized carbons (Fsp3) is 0.750. The summed E-state index contributed by atoms with van der Waals surface area (Å²) in [5.74, 6) is 3.55. The van der Waals surface area contributed by atoms with E-state index in [1.165, 1.54) is 38.5 Å². The molecule has 4 nitrogen and oxygen atoms in total. The molecule has 5 rings (SSSR count). The van der Waals surface area contributed by atoms with Crippen molar-refractivity contribution in [2.75, 3.05) is 11.1 Å². The van der Waals surface area contributed by atoms with Crippen LogP contribution >= 0.6 is 11.6 Å². The Hall–Kier alpha value is -1.03. The maximum atomic E-state index is 5.98. The SMILES string of the molecule is CC(Nc1nc(Cl)ncc1N)C12CC3CC(CC(C3)C1)C2. The van der Waals surface area contributed by atoms with Gasteiger partial charge in [0.25, 0.3) is 0 Å². The van der Waals surface area contributed by atoms with Crippen LogP contribution < -0.4 is 11.1 Å². The lowest BCUT2D eigenvalue weighted by Gasteiger charge is -2.59. The Kier molecular flexibility index (Phi) is 3.07. The minimum Gasteiger partial charge on any atom is -0.394 e. The zero-order valence-corrected chi connectivity index (χ0v) is 13.2. The van der Waals surface area contributed by atoms with Gasteiger partial charge in [-0.15, -0.1) is 0 Å². The molecule has 0 saturated heterocycles. The second-order valence-corrected chi connectivity index (χ2v) is 7.93. The summed E-state index contributed by atoms with van der Waals surface area (Å²) >= 11 is 5.90. The molecule has 1 aromatic rings. The highest BCUT2D eigenvalue weighted by Gasteiger charge is 2.53. The third-order valence-electron chi connectivity index (χ3n) is 6.15. The molecule has 4 aliphatic rings. The van der Waals surface area contributed by atoms with E-state index in [2.05, 4.69) is 22.2 Å². The largest absolute Gasteiger partial charge is 0.394 e. The van der Waals surface area contributed by atoms with Crippen molar-refractivity contribution >= 4 is 23.1 Å². The van der Waals surface area contributed by atoms with Gasteiger partial charge >= 0.3 is 0 Å². The van der Waals surface area contributed by atoms with E-state index in [1.807, 2.05) is 0 Å². The van der Waals surface area contributed by atoms with Crippen molar-refractivity contribution in [2.24, 2.45) is 23.2 Å². The first-order chi connectivity index (χ1) is 10.0. The van der Waals surface area contributed by atoms with E-state index in [4.69, 9.17) is 17.3 Å². The van der Waals surface area contributed by atoms with Gasteiger partial charge in [0.1, 0.15) is 0 Å². The molecular formula is C16H23ClN4. The number of aromatic nitrogens is 2. The molecule has 1 aromatic heterocycles. The van der Waals surface area contributed by atoms with E-state index in [9.17, 15) is 0 Å². The molecule has 1 heterocycles. The molecular weight excluding hydrogens is 284 g/mol. The molecule has 3 N–H and O–H groups in total. The first-order valence-electron chi connectivity index (χ1n) is 8.08. The van der Waals surface area contributed by atoms with Crippen LogP contribution in [0.1, 0.15) is 45.4 Å². The summed E-state index contributed by atoms with van der Waals surface area (Å²) < 4.78 is 0. The monoisotopic (exact) mass is 306 g/mol. The number of nitrogens with zero attached hydrogens (tertiary/aromatic N) is 2. The Morgan fingerprint density at radius 2 is 1.81 bits per heavy atom. The van der Waals surface area contributed by atoms with Crippen molar-refractivity contribution in [1.29, 1.82) is 0 Å². The van der Waals surface area contributed by atoms with E-state index < -0.39 is 0 Å². The predicted molar refractivity (Wildman–Crippen MR) is 85.1 cm³/mol. The standard InChI is InChI=1S/C16H23ClN4/c1-9(20-14-13(18)8-19-15(17)21-14)16-5-10-2-11(6-16)4-12(3-10)7-16/h8-12H,2-7,18H2,1H3,(H,19,20,21). The average molecular weight is 307 g/mol. The van der Waals surface area contributed by atoms with E-state index in [0.29, 0.717) is 23.0 Å². The molecule has 4 aliphatic carbocycles. The second-order valence-electron chi connectivity index (χ2n) is 7.59. The first-order valence-corrected chi connectivity index (χ1v) is 8.46. The van der Waals surface area contributed by atoms with E-state index in [1.54, 1.807) is 6.20 Å². The fourth-order valence-corrected chi connectivity index (χ4v) is 5.68. The van der Waals surface area contributed by atoms with Crippen LogP contribution in [0.15, 0.2) is 6.20 Å². The molecule has 4 bridgehead atoms. The number of rotatable bonds is 3. The molecule has 4 saturated carbocycles. The third kappa shape index (κ3) is 2.28. The van der Waals surface area contributed by atoms with Gasteiger partial charge in [-0.25, -0.2) is 4.98 Å². The lowest BCUT2D eigenvalue weighted by Crippen LogP contribution is -2.53. The molecule has 114 valence electrons. The molecule has 1 atom stereocenters. The van der Waals surface area contributed by atoms with Gasteiger partial charge in [-0.05, 0) is 80.2 Å². The van der Waals surface area contributed by atoms with Gasteiger partial charge in [0.2, 0.25) is 5.28 Å². The molecule has 0 amide bonds. The lowest BCUT2D eigenvalue weighted by atomic mass is 9.48. The van der Waals surface area contributed by atoms with Gasteiger partial charge in [-0.2, -0.15) is 4.98 Å². The quantitative estimate of drug-likeness (QED) is 0.835. The van der Waals surface area contributed by atoms with Gasteiger partial charge in [0.05, 0.1) is 11.9 Å². The fourth-order valence-electron chi connectivity index (χ4n) is 5.55. The van der Waals surface area contributed by atoms with Crippen molar-refractivity contribution in [3.8, 4) is 0 Å². The number of nitrogens with one attached hydrogen (secondary N) is 1. The van der Waals surface area contributed by atoms with Crippen LogP contribution in [0.2, 0.25) is 5.28 Å². The third-order valence-corrected chi connectivity index (χ3v) is 6.33. The van der Waals surface area contributed by atoms with E-state index >= 15 is 0 Å². The van der Waals surface area contributed by atoms with Crippen molar-refractivity contribution in [1.82, 2.24) is 9.97 Å². The number of anilines is 2. The maximum Gasteiger partial charge on any atom is 0.224 e. The summed E-state index contributed by atoms with van der Waals surface area (Å²) in [5.41, 5.74) is 6.99. The highest BCUT2D eigenvalue weighted by atomic mass is 35.5. The molecule has 0 aliphatic heterocycles. The van der Waals surface area contributed by atoms with Crippen molar-refractivity contribution in [3.05, 3.63) is 11.5 Å². The number of hydrogen-bond donors (Lipinski definition) is 2. The molecule has 0 spiro atoms. The van der Waals surface area contributed by atoms with E-state index in [0.717, 1.165) is 17.8 Å². The van der Waals surface area contributed by atoms with Crippen LogP contribution in [0.5, 0.6) is 0 Å². The number of nitrogen functional groups attached to an aromatic ring is 1. The normalized spacial score (nSPS) is 38.5. The number of halogens is 1. The van der Waals surface area contributed by atoms with E-state index in [-0.39, 0.29) is 5.28 Å². The summed E-state index contributed by atoms with van der Waals surface area (Å²) in [6.07, 6.45) is 10.1. The summed E-state index contributed by atoms with van der Waals surface area (Å²) in [4.78, 5) is 8.19. The van der Waals surface area contributed by atoms with Crippen LogP contribution in [0.25, 0.3) is 0 Å². The van der Waals surface area contributed by atoms with Crippen molar-refractivity contribution < 1.29 is 0 Å². The predicted octanol–water partition coefficient (Wildman–Crippen LogP) is 3.73. The van der Waals surface area contributed by atoms with Crippen LogP contribution in [0, 0.1) is 23.2 Å². The van der Waals surface area contributed by atoms with Crippen LogP contribution in [-0.4, -0.2) is 16.0 Å². The summed E-state index contributed by atoms with van der Waals surface area (Å²) in [6.45, 7) is 2.29. The zero-order valence-electron chi connectivity index (χ0n) is 12.5. The minimum absolute atomic E-state index is 0.254. The zero-order chi connectivity index (χ0) is 14.6. The Morgan fingerprint density at radius 3 is 2.38 bits per heavy atom. The van der Waals surface area contributed by atoms with Crippen LogP contribution in [0.3, 0.4) is 0 Å². The summed E-state index contributed by atoms with van der Waals surface area (Å²) in [6, 6.07) is 0.388. The summed E-state index contributed by atoms with van der Waals surface area (Å²) in [7, 11) is 0. The van der Waals surface area contributed by atoms with Crippen LogP contribution in [-0.2, 0) is 0 Å². The molecule has 0 radical (unpaired) electrons. The van der Waals surface area contributed by atoms with Gasteiger partial charge < -0.3 is 11.1 Å². The first kappa shape index (κ1) is 13.6. The van der Waals surface area contributed by atoms with Gasteiger partial charge in [0.15, 0.2) is 5.82 Å². The van der Waals surface area contributed by atoms with Gasteiger partial charge in [-0.3, -0.25) is 0 Å². The van der Waals surface area contributed by atoms with Crippen molar-refractivity contribution in [3.63, 3.8) is 0 Å². The molecule has 5 heteroatoms. The average Bonchev–Trinajstić information content (AvgIpc) is 2.41. The second kappa shape index (κ2) is 4.73. The topological polar surface area (TPSA) is 63.8 Å². The Bertz CT molecular complexity index is 524. The highest BCUT2D eigenvalue weighted by Crippen LogP contribution is 2.61.